The Balaban J connectivity index is 2.27. The molecule has 4 nitrogen and oxygen atoms in total. The van der Waals surface area contributed by atoms with E-state index < -0.39 is 0 Å². The highest BCUT2D eigenvalue weighted by molar-refractivity contribution is 5.73. The average molecular weight is 255 g/mol. The standard InChI is InChI=1S/C14H29N3O/c1-12(18)17-8-6-13(7-9-17)15-10-14(2,3)11-16(4)5/h13,15H,6-11H2,1-5H3. The van der Waals surface area contributed by atoms with Gasteiger partial charge in [0.25, 0.3) is 0 Å². The first-order valence-electron chi connectivity index (χ1n) is 6.94. The summed E-state index contributed by atoms with van der Waals surface area (Å²) in [5, 5.41) is 3.66. The van der Waals surface area contributed by atoms with Gasteiger partial charge in [0.05, 0.1) is 0 Å². The van der Waals surface area contributed by atoms with Crippen LogP contribution in [0.25, 0.3) is 0 Å². The number of hydrogen-bond donors (Lipinski definition) is 1. The molecular weight excluding hydrogens is 226 g/mol. The summed E-state index contributed by atoms with van der Waals surface area (Å²) in [4.78, 5) is 15.4. The van der Waals surface area contributed by atoms with Crippen LogP contribution in [0.2, 0.25) is 0 Å². The van der Waals surface area contributed by atoms with Crippen LogP contribution in [0.5, 0.6) is 0 Å². The van der Waals surface area contributed by atoms with Crippen molar-refractivity contribution >= 4 is 5.91 Å². The first kappa shape index (κ1) is 15.4. The van der Waals surface area contributed by atoms with Gasteiger partial charge in [-0.05, 0) is 32.4 Å². The Bertz CT molecular complexity index is 268. The molecule has 0 spiro atoms. The minimum atomic E-state index is 0.210. The molecule has 0 unspecified atom stereocenters. The van der Waals surface area contributed by atoms with Crippen LogP contribution in [0.1, 0.15) is 33.6 Å². The first-order valence-corrected chi connectivity index (χ1v) is 6.94. The molecule has 1 rings (SSSR count). The summed E-state index contributed by atoms with van der Waals surface area (Å²) in [7, 11) is 4.24. The van der Waals surface area contributed by atoms with E-state index in [-0.39, 0.29) is 5.91 Å². The maximum absolute atomic E-state index is 11.2. The lowest BCUT2D eigenvalue weighted by atomic mass is 9.92. The molecule has 1 aliphatic heterocycles. The van der Waals surface area contributed by atoms with E-state index in [9.17, 15) is 4.79 Å². The topological polar surface area (TPSA) is 35.6 Å². The fourth-order valence-corrected chi connectivity index (χ4v) is 2.73. The van der Waals surface area contributed by atoms with Crippen molar-refractivity contribution in [1.82, 2.24) is 15.1 Å². The van der Waals surface area contributed by atoms with Gasteiger partial charge in [0.1, 0.15) is 0 Å². The van der Waals surface area contributed by atoms with Crippen LogP contribution in [0.4, 0.5) is 0 Å². The maximum Gasteiger partial charge on any atom is 0.219 e. The van der Waals surface area contributed by atoms with Crippen LogP contribution in [-0.2, 0) is 4.79 Å². The molecule has 0 aromatic rings. The van der Waals surface area contributed by atoms with E-state index in [2.05, 4.69) is 38.2 Å². The van der Waals surface area contributed by atoms with Crippen molar-refractivity contribution in [2.24, 2.45) is 5.41 Å². The van der Waals surface area contributed by atoms with Crippen molar-refractivity contribution in [1.29, 1.82) is 0 Å². The number of nitrogens with one attached hydrogen (secondary N) is 1. The number of amides is 1. The molecule has 1 N–H and O–H groups in total. The predicted octanol–water partition coefficient (Wildman–Crippen LogP) is 1.17. The fourth-order valence-electron chi connectivity index (χ4n) is 2.73. The molecule has 0 saturated carbocycles. The summed E-state index contributed by atoms with van der Waals surface area (Å²) in [6, 6.07) is 0.571. The Morgan fingerprint density at radius 3 is 2.33 bits per heavy atom. The van der Waals surface area contributed by atoms with Crippen LogP contribution >= 0.6 is 0 Å². The predicted molar refractivity (Wildman–Crippen MR) is 75.6 cm³/mol. The third-order valence-electron chi connectivity index (χ3n) is 3.55. The number of likely N-dealkylation sites (tertiary alicyclic amines) is 1. The van der Waals surface area contributed by atoms with Gasteiger partial charge in [0.2, 0.25) is 5.91 Å². The molecule has 1 fully saturated rings. The lowest BCUT2D eigenvalue weighted by Gasteiger charge is -2.35. The Morgan fingerprint density at radius 1 is 1.33 bits per heavy atom. The van der Waals surface area contributed by atoms with Gasteiger partial charge in [-0.1, -0.05) is 13.8 Å². The average Bonchev–Trinajstić information content (AvgIpc) is 2.25. The summed E-state index contributed by atoms with van der Waals surface area (Å²) in [6.45, 7) is 10.2. The van der Waals surface area contributed by atoms with Crippen molar-refractivity contribution < 1.29 is 4.79 Å². The van der Waals surface area contributed by atoms with E-state index in [1.165, 1.54) is 0 Å². The van der Waals surface area contributed by atoms with E-state index in [0.29, 0.717) is 11.5 Å². The van der Waals surface area contributed by atoms with E-state index in [4.69, 9.17) is 0 Å². The van der Waals surface area contributed by atoms with Crippen LogP contribution in [-0.4, -0.2) is 62.0 Å². The van der Waals surface area contributed by atoms with Gasteiger partial charge in [-0.3, -0.25) is 4.79 Å². The summed E-state index contributed by atoms with van der Waals surface area (Å²) in [5.74, 6) is 0.210. The number of carbonyl (C=O) groups is 1. The van der Waals surface area contributed by atoms with Crippen molar-refractivity contribution in [2.45, 2.75) is 39.7 Å². The molecule has 18 heavy (non-hydrogen) atoms. The molecule has 106 valence electrons. The van der Waals surface area contributed by atoms with E-state index in [1.807, 2.05) is 4.90 Å². The molecule has 1 saturated heterocycles. The summed E-state index contributed by atoms with van der Waals surface area (Å²) < 4.78 is 0. The molecular formula is C14H29N3O. The van der Waals surface area contributed by atoms with E-state index in [0.717, 1.165) is 39.0 Å². The summed E-state index contributed by atoms with van der Waals surface area (Å²) >= 11 is 0. The molecule has 1 heterocycles. The zero-order valence-electron chi connectivity index (χ0n) is 12.6. The minimum Gasteiger partial charge on any atom is -0.343 e. The Morgan fingerprint density at radius 2 is 1.89 bits per heavy atom. The zero-order valence-corrected chi connectivity index (χ0v) is 12.6. The monoisotopic (exact) mass is 255 g/mol. The van der Waals surface area contributed by atoms with Crippen molar-refractivity contribution in [2.75, 3.05) is 40.3 Å². The quantitative estimate of drug-likeness (QED) is 0.801. The minimum absolute atomic E-state index is 0.210. The Kier molecular flexibility index (Phi) is 5.60. The van der Waals surface area contributed by atoms with Crippen molar-refractivity contribution in [3.8, 4) is 0 Å². The number of carbonyl (C=O) groups excluding carboxylic acids is 1. The maximum atomic E-state index is 11.2. The molecule has 0 atom stereocenters. The number of rotatable bonds is 5. The van der Waals surface area contributed by atoms with Crippen LogP contribution in [0, 0.1) is 5.41 Å². The van der Waals surface area contributed by atoms with Gasteiger partial charge in [-0.2, -0.15) is 0 Å². The highest BCUT2D eigenvalue weighted by Gasteiger charge is 2.24. The van der Waals surface area contributed by atoms with Gasteiger partial charge in [-0.25, -0.2) is 0 Å². The molecule has 0 aliphatic carbocycles. The highest BCUT2D eigenvalue weighted by atomic mass is 16.2. The van der Waals surface area contributed by atoms with Gasteiger partial charge >= 0.3 is 0 Å². The highest BCUT2D eigenvalue weighted by Crippen LogP contribution is 2.17. The van der Waals surface area contributed by atoms with Gasteiger partial charge in [-0.15, -0.1) is 0 Å². The van der Waals surface area contributed by atoms with E-state index >= 15 is 0 Å². The molecule has 0 aromatic heterocycles. The van der Waals surface area contributed by atoms with Crippen molar-refractivity contribution in [3.63, 3.8) is 0 Å². The second-order valence-electron chi connectivity index (χ2n) is 6.56. The zero-order chi connectivity index (χ0) is 13.8. The SMILES string of the molecule is CC(=O)N1CCC(NCC(C)(C)CN(C)C)CC1. The molecule has 0 bridgehead atoms. The third-order valence-corrected chi connectivity index (χ3v) is 3.55. The molecule has 0 aromatic carbocycles. The number of hydrogen-bond acceptors (Lipinski definition) is 3. The van der Waals surface area contributed by atoms with Crippen molar-refractivity contribution in [3.05, 3.63) is 0 Å². The second kappa shape index (κ2) is 6.53. The third kappa shape index (κ3) is 5.36. The molecule has 1 aliphatic rings. The van der Waals surface area contributed by atoms with E-state index in [1.54, 1.807) is 6.92 Å². The lowest BCUT2D eigenvalue weighted by Crippen LogP contribution is -2.47. The second-order valence-corrected chi connectivity index (χ2v) is 6.56. The van der Waals surface area contributed by atoms with Crippen LogP contribution in [0.15, 0.2) is 0 Å². The first-order chi connectivity index (χ1) is 8.30. The summed E-state index contributed by atoms with van der Waals surface area (Å²) in [5.41, 5.74) is 0.293. The van der Waals surface area contributed by atoms with Gasteiger partial charge in [0, 0.05) is 39.1 Å². The molecule has 1 amide bonds. The molecule has 4 heteroatoms. The largest absolute Gasteiger partial charge is 0.343 e. The van der Waals surface area contributed by atoms with Crippen LogP contribution in [0.3, 0.4) is 0 Å². The van der Waals surface area contributed by atoms with Gasteiger partial charge < -0.3 is 15.1 Å². The van der Waals surface area contributed by atoms with Crippen LogP contribution < -0.4 is 5.32 Å². The number of nitrogens with zero attached hydrogens (tertiary/aromatic N) is 2. The Labute approximate surface area is 112 Å². The molecule has 0 radical (unpaired) electrons. The fraction of sp³-hybridized carbons (Fsp3) is 0.929. The lowest BCUT2D eigenvalue weighted by molar-refractivity contribution is -0.129. The normalized spacial score (nSPS) is 18.4. The Hall–Kier alpha value is -0.610. The summed E-state index contributed by atoms with van der Waals surface area (Å²) in [6.07, 6.45) is 2.16. The van der Waals surface area contributed by atoms with Gasteiger partial charge in [0.15, 0.2) is 0 Å². The smallest absolute Gasteiger partial charge is 0.219 e. The number of piperidine rings is 1.